The van der Waals surface area contributed by atoms with Gasteiger partial charge in [0.1, 0.15) is 12.2 Å². The molecule has 3 aromatic rings. The molecule has 2 aliphatic heterocycles. The molecule has 5 heterocycles. The molecule has 1 saturated heterocycles. The number of imidazole rings is 1. The van der Waals surface area contributed by atoms with Crippen LogP contribution in [0.25, 0.3) is 11.2 Å². The minimum atomic E-state index is -0.0728. The number of aromatic nitrogens is 6. The van der Waals surface area contributed by atoms with Crippen molar-refractivity contribution in [3.8, 4) is 0 Å². The molecule has 0 amide bonds. The van der Waals surface area contributed by atoms with Gasteiger partial charge >= 0.3 is 0 Å². The van der Waals surface area contributed by atoms with E-state index in [4.69, 9.17) is 4.74 Å². The Kier molecular flexibility index (Phi) is 3.89. The standard InChI is InChI=1S/C18H21N7O2/c1-11-22-14-4-5-24(8-13(14)18(26)23-11)16-15-17(20-9-19-16)25(10-21-15)7-12-3-2-6-27-12/h9-10,12H,2-8H2,1H3,(H,22,23,26). The van der Waals surface area contributed by atoms with Gasteiger partial charge in [-0.25, -0.2) is 19.9 Å². The number of H-pyrrole nitrogens is 1. The highest BCUT2D eigenvalue weighted by molar-refractivity contribution is 5.83. The third-order valence-electron chi connectivity index (χ3n) is 5.29. The number of aryl methyl sites for hydroxylation is 1. The number of hydrogen-bond donors (Lipinski definition) is 1. The minimum absolute atomic E-state index is 0.0728. The molecule has 27 heavy (non-hydrogen) atoms. The van der Waals surface area contributed by atoms with Crippen molar-refractivity contribution in [3.05, 3.63) is 40.1 Å². The number of aromatic amines is 1. The van der Waals surface area contributed by atoms with Crippen LogP contribution >= 0.6 is 0 Å². The first-order chi connectivity index (χ1) is 13.2. The lowest BCUT2D eigenvalue weighted by Gasteiger charge is -2.28. The zero-order chi connectivity index (χ0) is 18.4. The van der Waals surface area contributed by atoms with Crippen LogP contribution in [-0.4, -0.2) is 48.7 Å². The summed E-state index contributed by atoms with van der Waals surface area (Å²) >= 11 is 0. The second-order valence-electron chi connectivity index (χ2n) is 7.15. The molecule has 140 valence electrons. The number of fused-ring (bicyclic) bond motifs is 2. The highest BCUT2D eigenvalue weighted by Gasteiger charge is 2.25. The highest BCUT2D eigenvalue weighted by atomic mass is 16.5. The number of nitrogens with one attached hydrogen (secondary N) is 1. The van der Waals surface area contributed by atoms with Crippen molar-refractivity contribution in [1.82, 2.24) is 29.5 Å². The Morgan fingerprint density at radius 2 is 2.26 bits per heavy atom. The van der Waals surface area contributed by atoms with Gasteiger partial charge in [0.05, 0.1) is 36.8 Å². The van der Waals surface area contributed by atoms with Crippen molar-refractivity contribution >= 4 is 17.0 Å². The average Bonchev–Trinajstić information content (AvgIpc) is 3.32. The number of anilines is 1. The summed E-state index contributed by atoms with van der Waals surface area (Å²) in [5.74, 6) is 1.42. The second kappa shape index (κ2) is 6.41. The Balaban J connectivity index is 1.48. The van der Waals surface area contributed by atoms with Crippen LogP contribution in [0.5, 0.6) is 0 Å². The van der Waals surface area contributed by atoms with E-state index in [1.165, 1.54) is 0 Å². The van der Waals surface area contributed by atoms with Crippen LogP contribution in [0.4, 0.5) is 5.82 Å². The fourth-order valence-corrected chi connectivity index (χ4v) is 3.97. The fourth-order valence-electron chi connectivity index (χ4n) is 3.97. The largest absolute Gasteiger partial charge is 0.376 e. The summed E-state index contributed by atoms with van der Waals surface area (Å²) in [6, 6.07) is 0. The molecule has 1 fully saturated rings. The van der Waals surface area contributed by atoms with Gasteiger partial charge in [-0.1, -0.05) is 0 Å². The molecule has 0 aromatic carbocycles. The normalized spacial score (nSPS) is 19.6. The van der Waals surface area contributed by atoms with Crippen LogP contribution < -0.4 is 10.5 Å². The number of ether oxygens (including phenoxy) is 1. The first kappa shape index (κ1) is 16.4. The second-order valence-corrected chi connectivity index (χ2v) is 7.15. The van der Waals surface area contributed by atoms with Crippen LogP contribution in [0.1, 0.15) is 29.9 Å². The summed E-state index contributed by atoms with van der Waals surface area (Å²) in [5, 5.41) is 0. The van der Waals surface area contributed by atoms with Gasteiger partial charge in [0.15, 0.2) is 17.0 Å². The van der Waals surface area contributed by atoms with Gasteiger partial charge in [0, 0.05) is 19.6 Å². The zero-order valence-electron chi connectivity index (χ0n) is 15.2. The predicted molar refractivity (Wildman–Crippen MR) is 98.6 cm³/mol. The van der Waals surface area contributed by atoms with E-state index in [0.717, 1.165) is 55.2 Å². The maximum atomic E-state index is 12.3. The molecule has 3 aromatic heterocycles. The molecular formula is C18H21N7O2. The van der Waals surface area contributed by atoms with Gasteiger partial charge in [0.2, 0.25) is 0 Å². The molecule has 0 spiro atoms. The molecule has 0 radical (unpaired) electrons. The molecule has 2 aliphatic rings. The van der Waals surface area contributed by atoms with Crippen LogP contribution in [0.15, 0.2) is 17.4 Å². The van der Waals surface area contributed by atoms with Crippen molar-refractivity contribution in [2.45, 2.75) is 45.4 Å². The van der Waals surface area contributed by atoms with Gasteiger partial charge in [-0.2, -0.15) is 0 Å². The molecule has 1 unspecified atom stereocenters. The molecule has 0 saturated carbocycles. The molecule has 9 heteroatoms. The summed E-state index contributed by atoms with van der Waals surface area (Å²) < 4.78 is 7.77. The van der Waals surface area contributed by atoms with E-state index in [0.29, 0.717) is 24.4 Å². The SMILES string of the molecule is Cc1nc2c(c(=O)[nH]1)CN(c1ncnc3c1ncn3CC1CCCO1)CC2. The van der Waals surface area contributed by atoms with E-state index in [9.17, 15) is 4.79 Å². The van der Waals surface area contributed by atoms with E-state index >= 15 is 0 Å². The lowest BCUT2D eigenvalue weighted by atomic mass is 10.1. The van der Waals surface area contributed by atoms with Crippen molar-refractivity contribution < 1.29 is 4.74 Å². The topological polar surface area (TPSA) is 102 Å². The van der Waals surface area contributed by atoms with Gasteiger partial charge in [-0.3, -0.25) is 4.79 Å². The monoisotopic (exact) mass is 367 g/mol. The molecule has 0 bridgehead atoms. The van der Waals surface area contributed by atoms with Crippen LogP contribution in [0.2, 0.25) is 0 Å². The van der Waals surface area contributed by atoms with Crippen molar-refractivity contribution in [3.63, 3.8) is 0 Å². The quantitative estimate of drug-likeness (QED) is 0.735. The minimum Gasteiger partial charge on any atom is -0.376 e. The fraction of sp³-hybridized carbons (Fsp3) is 0.500. The Morgan fingerprint density at radius 3 is 3.11 bits per heavy atom. The first-order valence-electron chi connectivity index (χ1n) is 9.30. The maximum absolute atomic E-state index is 12.3. The first-order valence-corrected chi connectivity index (χ1v) is 9.30. The van der Waals surface area contributed by atoms with Crippen LogP contribution in [-0.2, 0) is 24.2 Å². The molecule has 1 atom stereocenters. The van der Waals surface area contributed by atoms with Crippen LogP contribution in [0.3, 0.4) is 0 Å². The molecule has 9 nitrogen and oxygen atoms in total. The summed E-state index contributed by atoms with van der Waals surface area (Å²) in [4.78, 5) is 35.2. The molecular weight excluding hydrogens is 346 g/mol. The van der Waals surface area contributed by atoms with E-state index in [1.54, 1.807) is 12.7 Å². The third-order valence-corrected chi connectivity index (χ3v) is 5.29. The Morgan fingerprint density at radius 1 is 1.33 bits per heavy atom. The van der Waals surface area contributed by atoms with Crippen molar-refractivity contribution in [2.24, 2.45) is 0 Å². The Labute approximate surface area is 155 Å². The summed E-state index contributed by atoms with van der Waals surface area (Å²) in [6.45, 7) is 4.60. The van der Waals surface area contributed by atoms with E-state index in [2.05, 4.69) is 29.8 Å². The lowest BCUT2D eigenvalue weighted by molar-refractivity contribution is 0.0978. The number of hydrogen-bond acceptors (Lipinski definition) is 7. The highest BCUT2D eigenvalue weighted by Crippen LogP contribution is 2.26. The summed E-state index contributed by atoms with van der Waals surface area (Å²) in [6.07, 6.45) is 6.47. The van der Waals surface area contributed by atoms with Gasteiger partial charge < -0.3 is 19.2 Å². The lowest BCUT2D eigenvalue weighted by Crippen LogP contribution is -2.36. The predicted octanol–water partition coefficient (Wildman–Crippen LogP) is 0.960. The van der Waals surface area contributed by atoms with E-state index < -0.39 is 0 Å². The van der Waals surface area contributed by atoms with Crippen LogP contribution in [0, 0.1) is 6.92 Å². The smallest absolute Gasteiger partial charge is 0.256 e. The molecule has 5 rings (SSSR count). The third kappa shape index (κ3) is 2.87. The number of rotatable bonds is 3. The van der Waals surface area contributed by atoms with E-state index in [-0.39, 0.29) is 11.7 Å². The van der Waals surface area contributed by atoms with Gasteiger partial charge in [-0.05, 0) is 19.8 Å². The maximum Gasteiger partial charge on any atom is 0.256 e. The summed E-state index contributed by atoms with van der Waals surface area (Å²) in [7, 11) is 0. The zero-order valence-corrected chi connectivity index (χ0v) is 15.2. The van der Waals surface area contributed by atoms with E-state index in [1.807, 2.05) is 11.5 Å². The Bertz CT molecular complexity index is 1050. The van der Waals surface area contributed by atoms with Gasteiger partial charge in [0.25, 0.3) is 5.56 Å². The van der Waals surface area contributed by atoms with Crippen molar-refractivity contribution in [1.29, 1.82) is 0 Å². The Hall–Kier alpha value is -2.81. The summed E-state index contributed by atoms with van der Waals surface area (Å²) in [5.41, 5.74) is 3.07. The number of nitrogens with zero attached hydrogens (tertiary/aromatic N) is 6. The van der Waals surface area contributed by atoms with Gasteiger partial charge in [-0.15, -0.1) is 0 Å². The van der Waals surface area contributed by atoms with Crippen molar-refractivity contribution in [2.75, 3.05) is 18.1 Å². The molecule has 1 N–H and O–H groups in total. The molecule has 0 aliphatic carbocycles. The average molecular weight is 367 g/mol.